The molecule has 0 bridgehead atoms. The number of hydrogen-bond donors (Lipinski definition) is 1. The van der Waals surface area contributed by atoms with E-state index in [0.29, 0.717) is 4.32 Å². The molecule has 0 heterocycles. The van der Waals surface area contributed by atoms with E-state index in [4.69, 9.17) is 5.73 Å². The molecule has 0 amide bonds. The van der Waals surface area contributed by atoms with Crippen LogP contribution in [-0.4, -0.2) is 61.5 Å². The molecule has 37 valence electrons. The van der Waals surface area contributed by atoms with E-state index in [1.165, 1.54) is 11.8 Å². The third-order valence-corrected chi connectivity index (χ3v) is 1.21. The van der Waals surface area contributed by atoms with E-state index >= 15 is 0 Å². The summed E-state index contributed by atoms with van der Waals surface area (Å²) in [5, 5.41) is 0. The van der Waals surface area contributed by atoms with Crippen LogP contribution in [0.15, 0.2) is 0 Å². The van der Waals surface area contributed by atoms with Gasteiger partial charge in [0.15, 0.2) is 0 Å². The van der Waals surface area contributed by atoms with Crippen LogP contribution >= 0.6 is 24.0 Å². The Kier molecular flexibility index (Phi) is 13.1. The SMILES string of the molecule is CCSC(N)=S.[K]. The van der Waals surface area contributed by atoms with Gasteiger partial charge < -0.3 is 5.73 Å². The van der Waals surface area contributed by atoms with Gasteiger partial charge in [-0.3, -0.25) is 0 Å². The number of thiocarbonyl (C=S) groups is 1. The van der Waals surface area contributed by atoms with Crippen LogP contribution in [0.2, 0.25) is 0 Å². The number of nitrogens with two attached hydrogens (primary N) is 1. The maximum atomic E-state index is 5.10. The fourth-order valence-corrected chi connectivity index (χ4v) is 0.780. The largest absolute Gasteiger partial charge is 0.385 e. The third-order valence-electron chi connectivity index (χ3n) is 0.287. The van der Waals surface area contributed by atoms with E-state index in [9.17, 15) is 0 Å². The van der Waals surface area contributed by atoms with Crippen LogP contribution in [0, 0.1) is 0 Å². The molecule has 0 spiro atoms. The Morgan fingerprint density at radius 3 is 2.29 bits per heavy atom. The summed E-state index contributed by atoms with van der Waals surface area (Å²) >= 11 is 6.03. The zero-order valence-corrected chi connectivity index (χ0v) is 9.36. The van der Waals surface area contributed by atoms with Crippen LogP contribution in [0.25, 0.3) is 0 Å². The Morgan fingerprint density at radius 2 is 2.29 bits per heavy atom. The Bertz CT molecular complexity index is 56.9. The minimum absolute atomic E-state index is 0. The molecule has 1 nitrogen and oxygen atoms in total. The maximum Gasteiger partial charge on any atom is 0.131 e. The van der Waals surface area contributed by atoms with Crippen molar-refractivity contribution in [1.82, 2.24) is 0 Å². The molecule has 7 heavy (non-hydrogen) atoms. The Balaban J connectivity index is 0. The van der Waals surface area contributed by atoms with Gasteiger partial charge in [-0.2, -0.15) is 0 Å². The second-order valence-corrected chi connectivity index (χ2v) is 2.76. The normalized spacial score (nSPS) is 7.00. The quantitative estimate of drug-likeness (QED) is 0.449. The molecule has 0 aliphatic heterocycles. The van der Waals surface area contributed by atoms with Gasteiger partial charge in [0.2, 0.25) is 0 Å². The van der Waals surface area contributed by atoms with Gasteiger partial charge in [-0.05, 0) is 5.75 Å². The van der Waals surface area contributed by atoms with E-state index in [-0.39, 0.29) is 51.4 Å². The average Bonchev–Trinajstić information content (AvgIpc) is 1.35. The van der Waals surface area contributed by atoms with Crippen molar-refractivity contribution >= 4 is 79.7 Å². The minimum atomic E-state index is 0. The van der Waals surface area contributed by atoms with Gasteiger partial charge in [0.1, 0.15) is 4.32 Å². The van der Waals surface area contributed by atoms with Gasteiger partial charge in [-0.25, -0.2) is 0 Å². The van der Waals surface area contributed by atoms with Crippen LogP contribution in [0.3, 0.4) is 0 Å². The first kappa shape index (κ1) is 11.6. The summed E-state index contributed by atoms with van der Waals surface area (Å²) in [6.07, 6.45) is 0. The summed E-state index contributed by atoms with van der Waals surface area (Å²) in [5.41, 5.74) is 5.10. The molecule has 0 aliphatic rings. The van der Waals surface area contributed by atoms with Crippen molar-refractivity contribution in [2.45, 2.75) is 6.92 Å². The second kappa shape index (κ2) is 7.88. The molecule has 1 radical (unpaired) electrons. The van der Waals surface area contributed by atoms with Crippen molar-refractivity contribution in [2.75, 3.05) is 5.75 Å². The molecule has 0 atom stereocenters. The van der Waals surface area contributed by atoms with Gasteiger partial charge in [-0.1, -0.05) is 30.9 Å². The monoisotopic (exact) mass is 160 g/mol. The summed E-state index contributed by atoms with van der Waals surface area (Å²) in [6.45, 7) is 2.02. The van der Waals surface area contributed by atoms with Crippen molar-refractivity contribution in [3.63, 3.8) is 0 Å². The number of hydrogen-bond acceptors (Lipinski definition) is 2. The molecule has 0 rings (SSSR count). The molecule has 0 saturated heterocycles. The van der Waals surface area contributed by atoms with Gasteiger partial charge in [0.05, 0.1) is 0 Å². The first-order valence-electron chi connectivity index (χ1n) is 1.69. The molecular weight excluding hydrogens is 153 g/mol. The molecule has 0 aromatic carbocycles. The molecule has 0 aliphatic carbocycles. The second-order valence-electron chi connectivity index (χ2n) is 0.752. The zero-order chi connectivity index (χ0) is 4.99. The molecule has 0 saturated carbocycles. The predicted octanol–water partition coefficient (Wildman–Crippen LogP) is 0.602. The summed E-state index contributed by atoms with van der Waals surface area (Å²) < 4.78 is 0.539. The Labute approximate surface area is 96.2 Å². The van der Waals surface area contributed by atoms with Crippen molar-refractivity contribution in [1.29, 1.82) is 0 Å². The van der Waals surface area contributed by atoms with Crippen LogP contribution in [0.1, 0.15) is 6.92 Å². The van der Waals surface area contributed by atoms with Gasteiger partial charge in [-0.15, -0.1) is 0 Å². The molecule has 0 aromatic rings. The smallest absolute Gasteiger partial charge is 0.131 e. The van der Waals surface area contributed by atoms with Crippen LogP contribution < -0.4 is 5.73 Å². The molecule has 0 unspecified atom stereocenters. The standard InChI is InChI=1S/C3H7NS2.K/c1-2-6-3(4)5;/h2H2,1H3,(H2,4,5);. The third kappa shape index (κ3) is 11.4. The maximum absolute atomic E-state index is 5.10. The molecule has 0 fully saturated rings. The molecule has 4 heteroatoms. The van der Waals surface area contributed by atoms with Gasteiger partial charge in [0.25, 0.3) is 0 Å². The summed E-state index contributed by atoms with van der Waals surface area (Å²) in [7, 11) is 0. The fourth-order valence-electron chi connectivity index (χ4n) is 0.142. The number of thioether (sulfide) groups is 1. The van der Waals surface area contributed by atoms with E-state index in [1.807, 2.05) is 6.92 Å². The van der Waals surface area contributed by atoms with E-state index in [0.717, 1.165) is 5.75 Å². The van der Waals surface area contributed by atoms with Crippen LogP contribution in [0.4, 0.5) is 0 Å². The minimum Gasteiger partial charge on any atom is -0.385 e. The topological polar surface area (TPSA) is 26.0 Å². The van der Waals surface area contributed by atoms with Gasteiger partial charge >= 0.3 is 0 Å². The average molecular weight is 160 g/mol. The number of rotatable bonds is 1. The molecule has 2 N–H and O–H groups in total. The zero-order valence-electron chi connectivity index (χ0n) is 4.60. The van der Waals surface area contributed by atoms with E-state index in [1.54, 1.807) is 0 Å². The molecule has 0 aromatic heterocycles. The van der Waals surface area contributed by atoms with Crippen molar-refractivity contribution < 1.29 is 0 Å². The summed E-state index contributed by atoms with van der Waals surface area (Å²) in [6, 6.07) is 0. The van der Waals surface area contributed by atoms with E-state index < -0.39 is 0 Å². The summed E-state index contributed by atoms with van der Waals surface area (Å²) in [5.74, 6) is 0.981. The van der Waals surface area contributed by atoms with Crippen LogP contribution in [-0.2, 0) is 0 Å². The van der Waals surface area contributed by atoms with Crippen LogP contribution in [0.5, 0.6) is 0 Å². The first-order chi connectivity index (χ1) is 2.77. The predicted molar refractivity (Wildman–Crippen MR) is 40.7 cm³/mol. The Morgan fingerprint density at radius 1 is 1.86 bits per heavy atom. The van der Waals surface area contributed by atoms with Crippen molar-refractivity contribution in [2.24, 2.45) is 5.73 Å². The van der Waals surface area contributed by atoms with Crippen molar-refractivity contribution in [3.05, 3.63) is 0 Å². The van der Waals surface area contributed by atoms with Gasteiger partial charge in [0, 0.05) is 51.4 Å². The van der Waals surface area contributed by atoms with Crippen molar-refractivity contribution in [3.8, 4) is 0 Å². The van der Waals surface area contributed by atoms with E-state index in [2.05, 4.69) is 12.2 Å². The fraction of sp³-hybridized carbons (Fsp3) is 0.667. The molecular formula is C3H7KNS2. The first-order valence-corrected chi connectivity index (χ1v) is 3.09. The Hall–Kier alpha value is 1.88. The summed E-state index contributed by atoms with van der Waals surface area (Å²) in [4.78, 5) is 0.